The first kappa shape index (κ1) is 17.9. The van der Waals surface area contributed by atoms with Gasteiger partial charge in [-0.15, -0.1) is 10.2 Å². The third kappa shape index (κ3) is 3.29. The molecular weight excluding hydrogens is 365 g/mol. The van der Waals surface area contributed by atoms with Gasteiger partial charge in [0, 0.05) is 29.9 Å². The van der Waals surface area contributed by atoms with Crippen LogP contribution in [0, 0.1) is 19.7 Å². The SMILES string of the molecule is Cc1cn2cc(-c3cc4c(F)cc(C5=CCNCCC5)cc4nn3)cc(C)c2n1. The van der Waals surface area contributed by atoms with E-state index in [1.165, 1.54) is 5.57 Å². The van der Waals surface area contributed by atoms with Gasteiger partial charge in [0.15, 0.2) is 0 Å². The van der Waals surface area contributed by atoms with Crippen molar-refractivity contribution in [3.8, 4) is 11.3 Å². The minimum absolute atomic E-state index is 0.261. The molecule has 0 saturated heterocycles. The van der Waals surface area contributed by atoms with Crippen molar-refractivity contribution in [3.05, 3.63) is 65.4 Å². The molecule has 5 nitrogen and oxygen atoms in total. The number of nitrogens with zero attached hydrogens (tertiary/aromatic N) is 4. The topological polar surface area (TPSA) is 55.1 Å². The van der Waals surface area contributed by atoms with Gasteiger partial charge >= 0.3 is 0 Å². The van der Waals surface area contributed by atoms with Gasteiger partial charge in [-0.1, -0.05) is 6.08 Å². The summed E-state index contributed by atoms with van der Waals surface area (Å²) in [5.41, 5.74) is 7.10. The van der Waals surface area contributed by atoms with Crippen molar-refractivity contribution in [1.82, 2.24) is 24.9 Å². The van der Waals surface area contributed by atoms with Crippen LogP contribution in [0.15, 0.2) is 42.7 Å². The van der Waals surface area contributed by atoms with Crippen LogP contribution < -0.4 is 5.32 Å². The molecule has 0 aliphatic carbocycles. The Balaban J connectivity index is 1.59. The number of aryl methyl sites for hydroxylation is 2. The Bertz CT molecular complexity index is 1270. The molecule has 4 heterocycles. The molecule has 0 fully saturated rings. The van der Waals surface area contributed by atoms with Crippen molar-refractivity contribution >= 4 is 22.1 Å². The molecule has 0 bridgehead atoms. The lowest BCUT2D eigenvalue weighted by molar-refractivity contribution is 0.638. The summed E-state index contributed by atoms with van der Waals surface area (Å²) in [4.78, 5) is 4.53. The zero-order chi connectivity index (χ0) is 20.0. The summed E-state index contributed by atoms with van der Waals surface area (Å²) >= 11 is 0. The highest BCUT2D eigenvalue weighted by atomic mass is 19.1. The summed E-state index contributed by atoms with van der Waals surface area (Å²) in [6.45, 7) is 5.78. The lowest BCUT2D eigenvalue weighted by atomic mass is 9.99. The first-order valence-corrected chi connectivity index (χ1v) is 9.92. The fraction of sp³-hybridized carbons (Fsp3) is 0.261. The molecule has 0 atom stereocenters. The predicted octanol–water partition coefficient (Wildman–Crippen LogP) is 4.47. The van der Waals surface area contributed by atoms with Crippen LogP contribution in [0.3, 0.4) is 0 Å². The molecule has 1 aliphatic rings. The van der Waals surface area contributed by atoms with E-state index >= 15 is 4.39 Å². The third-order valence-electron chi connectivity index (χ3n) is 5.47. The summed E-state index contributed by atoms with van der Waals surface area (Å²) in [6.07, 6.45) is 8.07. The zero-order valence-corrected chi connectivity index (χ0v) is 16.5. The molecule has 5 rings (SSSR count). The molecule has 1 aliphatic heterocycles. The second-order valence-corrected chi connectivity index (χ2v) is 7.68. The molecule has 0 amide bonds. The Labute approximate surface area is 168 Å². The average Bonchev–Trinajstić information content (AvgIpc) is 2.90. The van der Waals surface area contributed by atoms with Crippen LogP contribution >= 0.6 is 0 Å². The number of pyridine rings is 1. The highest BCUT2D eigenvalue weighted by Crippen LogP contribution is 2.29. The fourth-order valence-corrected chi connectivity index (χ4v) is 4.03. The van der Waals surface area contributed by atoms with Crippen molar-refractivity contribution in [2.45, 2.75) is 26.7 Å². The van der Waals surface area contributed by atoms with E-state index in [0.717, 1.165) is 54.0 Å². The van der Waals surface area contributed by atoms with Crippen LogP contribution in [0.25, 0.3) is 33.4 Å². The van der Waals surface area contributed by atoms with E-state index in [9.17, 15) is 0 Å². The van der Waals surface area contributed by atoms with Gasteiger partial charge in [-0.3, -0.25) is 0 Å². The smallest absolute Gasteiger partial charge is 0.139 e. The summed E-state index contributed by atoms with van der Waals surface area (Å²) in [7, 11) is 0. The highest BCUT2D eigenvalue weighted by Gasteiger charge is 2.13. The Morgan fingerprint density at radius 1 is 1.03 bits per heavy atom. The number of rotatable bonds is 2. The molecule has 0 saturated carbocycles. The number of aromatic nitrogens is 4. The predicted molar refractivity (Wildman–Crippen MR) is 113 cm³/mol. The summed E-state index contributed by atoms with van der Waals surface area (Å²) in [5, 5.41) is 12.6. The van der Waals surface area contributed by atoms with Gasteiger partial charge < -0.3 is 9.72 Å². The minimum Gasteiger partial charge on any atom is -0.313 e. The Hall–Kier alpha value is -3.12. The number of hydrogen-bond acceptors (Lipinski definition) is 4. The van der Waals surface area contributed by atoms with E-state index in [-0.39, 0.29) is 5.82 Å². The van der Waals surface area contributed by atoms with Crippen LogP contribution in [0.4, 0.5) is 4.39 Å². The largest absolute Gasteiger partial charge is 0.313 e. The van der Waals surface area contributed by atoms with Crippen molar-refractivity contribution in [2.24, 2.45) is 0 Å². The van der Waals surface area contributed by atoms with Gasteiger partial charge in [0.2, 0.25) is 0 Å². The molecule has 146 valence electrons. The summed E-state index contributed by atoms with van der Waals surface area (Å²) in [5.74, 6) is -0.261. The summed E-state index contributed by atoms with van der Waals surface area (Å²) < 4.78 is 17.0. The zero-order valence-electron chi connectivity index (χ0n) is 16.5. The van der Waals surface area contributed by atoms with Crippen LogP contribution in [-0.4, -0.2) is 32.7 Å². The van der Waals surface area contributed by atoms with E-state index in [2.05, 4.69) is 26.6 Å². The van der Waals surface area contributed by atoms with E-state index in [0.29, 0.717) is 16.6 Å². The van der Waals surface area contributed by atoms with E-state index in [1.807, 2.05) is 42.8 Å². The minimum atomic E-state index is -0.261. The Morgan fingerprint density at radius 3 is 2.83 bits per heavy atom. The average molecular weight is 387 g/mol. The number of hydrogen-bond donors (Lipinski definition) is 1. The first-order chi connectivity index (χ1) is 14.1. The molecule has 6 heteroatoms. The van der Waals surface area contributed by atoms with E-state index < -0.39 is 0 Å². The quantitative estimate of drug-likeness (QED) is 0.551. The maximum absolute atomic E-state index is 15.0. The lowest BCUT2D eigenvalue weighted by Crippen LogP contribution is -2.12. The number of imidazole rings is 1. The first-order valence-electron chi connectivity index (χ1n) is 9.92. The normalized spacial score (nSPS) is 14.9. The molecule has 1 aromatic carbocycles. The van der Waals surface area contributed by atoms with Crippen molar-refractivity contribution in [1.29, 1.82) is 0 Å². The number of fused-ring (bicyclic) bond motifs is 2. The van der Waals surface area contributed by atoms with Crippen LogP contribution in [0.2, 0.25) is 0 Å². The molecule has 3 aromatic heterocycles. The van der Waals surface area contributed by atoms with Gasteiger partial charge in [-0.25, -0.2) is 9.37 Å². The van der Waals surface area contributed by atoms with Crippen LogP contribution in [-0.2, 0) is 0 Å². The monoisotopic (exact) mass is 387 g/mol. The van der Waals surface area contributed by atoms with E-state index in [4.69, 9.17) is 0 Å². The molecule has 0 unspecified atom stereocenters. The van der Waals surface area contributed by atoms with Gasteiger partial charge in [0.1, 0.15) is 11.5 Å². The van der Waals surface area contributed by atoms with E-state index in [1.54, 1.807) is 12.1 Å². The van der Waals surface area contributed by atoms with Crippen molar-refractivity contribution in [2.75, 3.05) is 13.1 Å². The molecule has 4 aromatic rings. The maximum Gasteiger partial charge on any atom is 0.139 e. The molecular formula is C23H22FN5. The van der Waals surface area contributed by atoms with Gasteiger partial charge in [0.05, 0.1) is 16.9 Å². The molecule has 1 N–H and O–H groups in total. The number of benzene rings is 1. The number of halogens is 1. The second kappa shape index (κ2) is 7.04. The van der Waals surface area contributed by atoms with Crippen LogP contribution in [0.5, 0.6) is 0 Å². The lowest BCUT2D eigenvalue weighted by Gasteiger charge is -2.09. The highest BCUT2D eigenvalue weighted by molar-refractivity contribution is 5.86. The van der Waals surface area contributed by atoms with Gasteiger partial charge in [-0.05, 0) is 74.2 Å². The summed E-state index contributed by atoms with van der Waals surface area (Å²) in [6, 6.07) is 7.38. The van der Waals surface area contributed by atoms with Crippen molar-refractivity contribution < 1.29 is 4.39 Å². The van der Waals surface area contributed by atoms with Gasteiger partial charge in [0.25, 0.3) is 0 Å². The molecule has 29 heavy (non-hydrogen) atoms. The molecule has 0 spiro atoms. The Kier molecular flexibility index (Phi) is 4.36. The van der Waals surface area contributed by atoms with Crippen molar-refractivity contribution in [3.63, 3.8) is 0 Å². The van der Waals surface area contributed by atoms with Crippen LogP contribution in [0.1, 0.15) is 29.7 Å². The van der Waals surface area contributed by atoms with Gasteiger partial charge in [-0.2, -0.15) is 0 Å². The number of nitrogens with one attached hydrogen (secondary N) is 1. The third-order valence-corrected chi connectivity index (χ3v) is 5.47. The maximum atomic E-state index is 15.0. The fourth-order valence-electron chi connectivity index (χ4n) is 4.03. The standard InChI is InChI=1S/C23H22FN5/c1-14-8-18(13-29-12-15(2)26-23(14)29)21-11-19-20(24)9-17(10-22(19)28-27-21)16-4-3-6-25-7-5-16/h5,8-13,25H,3-4,6-7H2,1-2H3. The molecule has 0 radical (unpaired) electrons. The second-order valence-electron chi connectivity index (χ2n) is 7.68. The number of allylic oxidation sites excluding steroid dienone is 1. The Morgan fingerprint density at radius 2 is 1.93 bits per heavy atom.